The van der Waals surface area contributed by atoms with Crippen LogP contribution in [0.15, 0.2) is 63.9 Å². The van der Waals surface area contributed by atoms with Gasteiger partial charge in [-0.3, -0.25) is 9.59 Å². The van der Waals surface area contributed by atoms with Crippen molar-refractivity contribution in [3.8, 4) is 17.1 Å². The summed E-state index contributed by atoms with van der Waals surface area (Å²) in [5, 5.41) is 9.99. The second-order valence-corrected chi connectivity index (χ2v) is 7.68. The fourth-order valence-corrected chi connectivity index (χ4v) is 3.81. The number of benzene rings is 2. The van der Waals surface area contributed by atoms with Gasteiger partial charge in [0, 0.05) is 17.7 Å². The minimum absolute atomic E-state index is 0.0298. The molecule has 0 bridgehead atoms. The minimum atomic E-state index is -0.479. The van der Waals surface area contributed by atoms with Gasteiger partial charge in [-0.1, -0.05) is 29.3 Å². The van der Waals surface area contributed by atoms with E-state index in [1.54, 1.807) is 42.5 Å². The van der Waals surface area contributed by atoms with Crippen molar-refractivity contribution in [1.29, 1.82) is 0 Å². The normalized spacial score (nSPS) is 15.6. The van der Waals surface area contributed by atoms with Gasteiger partial charge in [-0.05, 0) is 54.2 Å². The number of imide groups is 1. The van der Waals surface area contributed by atoms with Gasteiger partial charge in [0.1, 0.15) is 17.3 Å². The highest BCUT2D eigenvalue weighted by atomic mass is 35.5. The molecule has 0 unspecified atom stereocenters. The van der Waals surface area contributed by atoms with E-state index < -0.39 is 11.1 Å². The summed E-state index contributed by atoms with van der Waals surface area (Å²) in [5.74, 6) is 0.463. The molecule has 1 aliphatic rings. The van der Waals surface area contributed by atoms with Crippen LogP contribution < -0.4 is 4.90 Å². The lowest BCUT2D eigenvalue weighted by atomic mass is 10.2. The number of amides is 2. The number of anilines is 1. The molecular formula is C20H11Cl2NO4S. The van der Waals surface area contributed by atoms with E-state index in [1.165, 1.54) is 18.2 Å². The van der Waals surface area contributed by atoms with Crippen molar-refractivity contribution in [2.45, 2.75) is 0 Å². The van der Waals surface area contributed by atoms with Crippen LogP contribution in [0.2, 0.25) is 10.0 Å². The summed E-state index contributed by atoms with van der Waals surface area (Å²) in [4.78, 5) is 26.2. The summed E-state index contributed by atoms with van der Waals surface area (Å²) in [7, 11) is 0. The zero-order valence-corrected chi connectivity index (χ0v) is 16.4. The molecule has 1 saturated heterocycles. The SMILES string of the molecule is O=C1S/C(=C\c2ccc(-c3ccc(Cl)c(Cl)c3)o2)C(=O)N1c1cccc(O)c1. The average molecular weight is 432 g/mol. The summed E-state index contributed by atoms with van der Waals surface area (Å²) < 4.78 is 5.76. The second kappa shape index (κ2) is 7.39. The van der Waals surface area contributed by atoms with E-state index >= 15 is 0 Å². The Morgan fingerprint density at radius 2 is 1.82 bits per heavy atom. The Morgan fingerprint density at radius 1 is 1.00 bits per heavy atom. The first kappa shape index (κ1) is 18.7. The molecule has 0 saturated carbocycles. The van der Waals surface area contributed by atoms with Gasteiger partial charge in [0.15, 0.2) is 0 Å². The average Bonchev–Trinajstić information content (AvgIpc) is 3.22. The summed E-state index contributed by atoms with van der Waals surface area (Å²) in [6, 6.07) is 14.5. The molecule has 2 aromatic carbocycles. The van der Waals surface area contributed by atoms with E-state index in [4.69, 9.17) is 27.6 Å². The van der Waals surface area contributed by atoms with Crippen LogP contribution in [-0.2, 0) is 4.79 Å². The van der Waals surface area contributed by atoms with E-state index in [-0.39, 0.29) is 10.7 Å². The quantitative estimate of drug-likeness (QED) is 0.499. The molecule has 28 heavy (non-hydrogen) atoms. The molecule has 5 nitrogen and oxygen atoms in total. The Labute approximate surface area is 174 Å². The molecule has 8 heteroatoms. The molecule has 0 aliphatic carbocycles. The first-order chi connectivity index (χ1) is 13.4. The fourth-order valence-electron chi connectivity index (χ4n) is 2.69. The van der Waals surface area contributed by atoms with Crippen LogP contribution in [0.4, 0.5) is 10.5 Å². The number of halogens is 2. The van der Waals surface area contributed by atoms with Gasteiger partial charge >= 0.3 is 0 Å². The third-order valence-corrected chi connectivity index (χ3v) is 5.59. The Bertz CT molecular complexity index is 1140. The summed E-state index contributed by atoms with van der Waals surface area (Å²) in [6.45, 7) is 0. The lowest BCUT2D eigenvalue weighted by Gasteiger charge is -2.12. The van der Waals surface area contributed by atoms with E-state index in [0.29, 0.717) is 27.3 Å². The smallest absolute Gasteiger partial charge is 0.298 e. The predicted octanol–water partition coefficient (Wildman–Crippen LogP) is 6.20. The van der Waals surface area contributed by atoms with Crippen molar-refractivity contribution in [3.05, 3.63) is 75.3 Å². The third kappa shape index (κ3) is 3.54. The molecule has 0 spiro atoms. The molecule has 1 aliphatic heterocycles. The van der Waals surface area contributed by atoms with Crippen LogP contribution in [0.3, 0.4) is 0 Å². The van der Waals surface area contributed by atoms with Crippen molar-refractivity contribution in [2.24, 2.45) is 0 Å². The van der Waals surface area contributed by atoms with Gasteiger partial charge in [0.05, 0.1) is 20.6 Å². The standard InChI is InChI=1S/C20H11Cl2NO4S/c21-15-6-4-11(8-16(15)22)17-7-5-14(27-17)10-18-19(25)23(20(26)28-18)12-2-1-3-13(24)9-12/h1-10,24H/b18-10-. The number of rotatable bonds is 3. The minimum Gasteiger partial charge on any atom is -0.508 e. The van der Waals surface area contributed by atoms with Gasteiger partial charge in [-0.2, -0.15) is 0 Å². The molecule has 1 aromatic heterocycles. The van der Waals surface area contributed by atoms with Gasteiger partial charge < -0.3 is 9.52 Å². The fraction of sp³-hybridized carbons (Fsp3) is 0. The molecule has 4 rings (SSSR count). The zero-order chi connectivity index (χ0) is 19.8. The van der Waals surface area contributed by atoms with Crippen molar-refractivity contribution in [3.63, 3.8) is 0 Å². The molecule has 1 fully saturated rings. The van der Waals surface area contributed by atoms with Crippen LogP contribution in [0.5, 0.6) is 5.75 Å². The van der Waals surface area contributed by atoms with Crippen molar-refractivity contribution in [1.82, 2.24) is 0 Å². The predicted molar refractivity (Wildman–Crippen MR) is 111 cm³/mol. The van der Waals surface area contributed by atoms with Crippen LogP contribution in [-0.4, -0.2) is 16.3 Å². The lowest BCUT2D eigenvalue weighted by molar-refractivity contribution is -0.113. The number of phenols is 1. The summed E-state index contributed by atoms with van der Waals surface area (Å²) in [6.07, 6.45) is 1.51. The highest BCUT2D eigenvalue weighted by Gasteiger charge is 2.36. The van der Waals surface area contributed by atoms with Gasteiger partial charge in [-0.15, -0.1) is 0 Å². The number of furan rings is 1. The number of carbonyl (C=O) groups is 2. The zero-order valence-electron chi connectivity index (χ0n) is 14.1. The van der Waals surface area contributed by atoms with E-state index in [2.05, 4.69) is 0 Å². The Morgan fingerprint density at radius 3 is 2.57 bits per heavy atom. The maximum absolute atomic E-state index is 12.7. The van der Waals surface area contributed by atoms with Gasteiger partial charge in [0.2, 0.25) is 0 Å². The number of aromatic hydroxyl groups is 1. The Hall–Kier alpha value is -2.67. The van der Waals surface area contributed by atoms with Gasteiger partial charge in [0.25, 0.3) is 11.1 Å². The summed E-state index contributed by atoms with van der Waals surface area (Å²) >= 11 is 12.8. The van der Waals surface area contributed by atoms with E-state index in [9.17, 15) is 14.7 Å². The monoisotopic (exact) mass is 431 g/mol. The largest absolute Gasteiger partial charge is 0.508 e. The van der Waals surface area contributed by atoms with Crippen LogP contribution >= 0.6 is 35.0 Å². The topological polar surface area (TPSA) is 70.8 Å². The second-order valence-electron chi connectivity index (χ2n) is 5.87. The first-order valence-electron chi connectivity index (χ1n) is 8.04. The lowest BCUT2D eigenvalue weighted by Crippen LogP contribution is -2.27. The highest BCUT2D eigenvalue weighted by molar-refractivity contribution is 8.19. The molecule has 140 valence electrons. The molecule has 3 aromatic rings. The third-order valence-electron chi connectivity index (χ3n) is 3.99. The van der Waals surface area contributed by atoms with E-state index in [1.807, 2.05) is 0 Å². The number of nitrogens with zero attached hydrogens (tertiary/aromatic N) is 1. The van der Waals surface area contributed by atoms with Gasteiger partial charge in [-0.25, -0.2) is 4.90 Å². The Balaban J connectivity index is 1.61. The van der Waals surface area contributed by atoms with Crippen molar-refractivity contribution < 1.29 is 19.1 Å². The van der Waals surface area contributed by atoms with Crippen molar-refractivity contribution in [2.75, 3.05) is 4.90 Å². The maximum Gasteiger partial charge on any atom is 0.298 e. The number of hydrogen-bond acceptors (Lipinski definition) is 5. The molecule has 0 atom stereocenters. The van der Waals surface area contributed by atoms with E-state index in [0.717, 1.165) is 22.2 Å². The number of carbonyl (C=O) groups excluding carboxylic acids is 2. The molecule has 0 radical (unpaired) electrons. The maximum atomic E-state index is 12.7. The Kier molecular flexibility index (Phi) is 4.93. The summed E-state index contributed by atoms with van der Waals surface area (Å²) in [5.41, 5.74) is 1.05. The highest BCUT2D eigenvalue weighted by Crippen LogP contribution is 2.37. The van der Waals surface area contributed by atoms with Crippen molar-refractivity contribution >= 4 is 57.9 Å². The molecule has 2 amide bonds. The molecular weight excluding hydrogens is 421 g/mol. The molecule has 2 heterocycles. The van der Waals surface area contributed by atoms with Crippen LogP contribution in [0, 0.1) is 0 Å². The van der Waals surface area contributed by atoms with Crippen LogP contribution in [0.1, 0.15) is 5.76 Å². The van der Waals surface area contributed by atoms with Crippen LogP contribution in [0.25, 0.3) is 17.4 Å². The number of phenolic OH excluding ortho intramolecular Hbond substituents is 1. The number of thioether (sulfide) groups is 1. The first-order valence-corrected chi connectivity index (χ1v) is 9.62. The number of hydrogen-bond donors (Lipinski definition) is 1. The molecule has 1 N–H and O–H groups in total.